The lowest BCUT2D eigenvalue weighted by Gasteiger charge is -2.14. The molecule has 0 aliphatic carbocycles. The highest BCUT2D eigenvalue weighted by atomic mass is 19.4. The predicted molar refractivity (Wildman–Crippen MR) is 80.2 cm³/mol. The van der Waals surface area contributed by atoms with Gasteiger partial charge in [-0.1, -0.05) is 24.3 Å². The minimum Gasteiger partial charge on any atom is -0.385 e. The van der Waals surface area contributed by atoms with Crippen LogP contribution in [0.25, 0.3) is 0 Å². The Morgan fingerprint density at radius 2 is 1.88 bits per heavy atom. The third-order valence-corrected chi connectivity index (χ3v) is 3.32. The first-order valence-electron chi connectivity index (χ1n) is 7.06. The molecule has 8 heteroatoms. The summed E-state index contributed by atoms with van der Waals surface area (Å²) in [6.45, 7) is -0.229. The first-order chi connectivity index (χ1) is 11.3. The van der Waals surface area contributed by atoms with E-state index in [2.05, 4.69) is 10.3 Å². The van der Waals surface area contributed by atoms with Crippen molar-refractivity contribution < 1.29 is 23.1 Å². The number of carbonyl (C=O) groups is 1. The van der Waals surface area contributed by atoms with Crippen LogP contribution in [0.1, 0.15) is 22.9 Å². The van der Waals surface area contributed by atoms with Gasteiger partial charge in [-0.05, 0) is 17.7 Å². The highest BCUT2D eigenvalue weighted by molar-refractivity contribution is 5.79. The topological polar surface area (TPSA) is 82.2 Å². The second-order valence-electron chi connectivity index (χ2n) is 5.12. The van der Waals surface area contributed by atoms with Crippen molar-refractivity contribution in [2.75, 3.05) is 6.54 Å². The van der Waals surface area contributed by atoms with E-state index in [0.29, 0.717) is 0 Å². The van der Waals surface area contributed by atoms with Crippen molar-refractivity contribution in [3.8, 4) is 0 Å². The summed E-state index contributed by atoms with van der Waals surface area (Å²) in [4.78, 5) is 25.4. The molecule has 2 rings (SSSR count). The predicted octanol–water partition coefficient (Wildman–Crippen LogP) is 1.79. The van der Waals surface area contributed by atoms with Gasteiger partial charge in [0, 0.05) is 18.3 Å². The van der Waals surface area contributed by atoms with Crippen LogP contribution in [0.3, 0.4) is 0 Å². The van der Waals surface area contributed by atoms with Gasteiger partial charge >= 0.3 is 6.18 Å². The van der Waals surface area contributed by atoms with E-state index >= 15 is 0 Å². The SMILES string of the molecule is O=C(Cc1ccccc1C(F)(F)F)NCC(O)c1cccc(=O)[nH]1. The van der Waals surface area contributed by atoms with Crippen LogP contribution in [0.4, 0.5) is 13.2 Å². The molecule has 0 bridgehead atoms. The Hall–Kier alpha value is -2.61. The highest BCUT2D eigenvalue weighted by Crippen LogP contribution is 2.31. The molecule has 2 aromatic rings. The molecule has 24 heavy (non-hydrogen) atoms. The number of hydrogen-bond acceptors (Lipinski definition) is 3. The van der Waals surface area contributed by atoms with Crippen LogP contribution in [0, 0.1) is 0 Å². The Morgan fingerprint density at radius 3 is 2.54 bits per heavy atom. The van der Waals surface area contributed by atoms with E-state index in [4.69, 9.17) is 0 Å². The number of nitrogens with one attached hydrogen (secondary N) is 2. The van der Waals surface area contributed by atoms with Gasteiger partial charge < -0.3 is 15.4 Å². The minimum absolute atomic E-state index is 0.148. The van der Waals surface area contributed by atoms with Crippen molar-refractivity contribution in [2.24, 2.45) is 0 Å². The normalized spacial score (nSPS) is 12.7. The largest absolute Gasteiger partial charge is 0.416 e. The number of H-pyrrole nitrogens is 1. The molecular weight excluding hydrogens is 325 g/mol. The van der Waals surface area contributed by atoms with Gasteiger partial charge in [0.25, 0.3) is 0 Å². The average Bonchev–Trinajstić information content (AvgIpc) is 2.52. The summed E-state index contributed by atoms with van der Waals surface area (Å²) in [5.74, 6) is -0.663. The maximum atomic E-state index is 12.9. The Kier molecular flexibility index (Phi) is 5.40. The third kappa shape index (κ3) is 4.69. The van der Waals surface area contributed by atoms with Crippen LogP contribution in [-0.4, -0.2) is 22.5 Å². The highest BCUT2D eigenvalue weighted by Gasteiger charge is 2.33. The second-order valence-corrected chi connectivity index (χ2v) is 5.12. The average molecular weight is 340 g/mol. The molecule has 1 atom stereocenters. The van der Waals surface area contributed by atoms with Crippen LogP contribution < -0.4 is 10.9 Å². The molecule has 0 saturated carbocycles. The van der Waals surface area contributed by atoms with Crippen LogP contribution >= 0.6 is 0 Å². The Labute approximate surface area is 135 Å². The first-order valence-corrected chi connectivity index (χ1v) is 7.06. The van der Waals surface area contributed by atoms with Gasteiger partial charge in [-0.2, -0.15) is 13.2 Å². The number of alkyl halides is 3. The maximum Gasteiger partial charge on any atom is 0.416 e. The van der Waals surface area contributed by atoms with Gasteiger partial charge in [-0.25, -0.2) is 0 Å². The molecule has 1 heterocycles. The summed E-state index contributed by atoms with van der Waals surface area (Å²) in [5.41, 5.74) is -1.21. The molecule has 0 saturated heterocycles. The van der Waals surface area contributed by atoms with Crippen LogP contribution in [0.15, 0.2) is 47.3 Å². The van der Waals surface area contributed by atoms with Crippen molar-refractivity contribution in [3.63, 3.8) is 0 Å². The molecule has 0 aliphatic heterocycles. The summed E-state index contributed by atoms with van der Waals surface area (Å²) in [6.07, 6.45) is -6.17. The summed E-state index contributed by atoms with van der Waals surface area (Å²) in [6, 6.07) is 8.99. The number of aromatic nitrogens is 1. The fourth-order valence-electron chi connectivity index (χ4n) is 2.17. The number of halogens is 3. The van der Waals surface area contributed by atoms with Crippen LogP contribution in [0.2, 0.25) is 0 Å². The van der Waals surface area contributed by atoms with E-state index in [0.717, 1.165) is 6.07 Å². The molecule has 0 radical (unpaired) electrons. The smallest absolute Gasteiger partial charge is 0.385 e. The maximum absolute atomic E-state index is 12.9. The number of amides is 1. The van der Waals surface area contributed by atoms with E-state index in [1.165, 1.54) is 36.4 Å². The van der Waals surface area contributed by atoms with Gasteiger partial charge in [0.05, 0.1) is 12.0 Å². The number of aliphatic hydroxyl groups is 1. The Morgan fingerprint density at radius 1 is 1.17 bits per heavy atom. The monoisotopic (exact) mass is 340 g/mol. The molecule has 1 unspecified atom stereocenters. The van der Waals surface area contributed by atoms with Crippen molar-refractivity contribution in [1.29, 1.82) is 0 Å². The standard InChI is InChI=1S/C16H15F3N2O3/c17-16(18,19)11-5-2-1-4-10(11)8-15(24)20-9-13(22)12-6-3-7-14(23)21-12/h1-7,13,22H,8-9H2,(H,20,24)(H,21,23). The molecule has 128 valence electrons. The number of benzene rings is 1. The molecule has 0 fully saturated rings. The fourth-order valence-corrected chi connectivity index (χ4v) is 2.17. The summed E-state index contributed by atoms with van der Waals surface area (Å²) in [7, 11) is 0. The van der Waals surface area contributed by atoms with E-state index in [1.807, 2.05) is 0 Å². The molecule has 1 aromatic heterocycles. The lowest BCUT2D eigenvalue weighted by Crippen LogP contribution is -2.31. The molecule has 3 N–H and O–H groups in total. The van der Waals surface area contributed by atoms with E-state index in [1.54, 1.807) is 0 Å². The Balaban J connectivity index is 1.98. The van der Waals surface area contributed by atoms with Crippen molar-refractivity contribution in [3.05, 3.63) is 69.6 Å². The minimum atomic E-state index is -4.54. The number of hydrogen-bond donors (Lipinski definition) is 3. The molecule has 0 aliphatic rings. The number of aromatic amines is 1. The number of rotatable bonds is 5. The van der Waals surface area contributed by atoms with E-state index < -0.39 is 35.7 Å². The zero-order valence-electron chi connectivity index (χ0n) is 12.4. The zero-order chi connectivity index (χ0) is 17.7. The quantitative estimate of drug-likeness (QED) is 0.776. The lowest BCUT2D eigenvalue weighted by molar-refractivity contribution is -0.138. The van der Waals surface area contributed by atoms with Gasteiger partial charge in [0.1, 0.15) is 6.10 Å². The van der Waals surface area contributed by atoms with Gasteiger partial charge in [0.15, 0.2) is 0 Å². The summed E-state index contributed by atoms with van der Waals surface area (Å²) in [5, 5.41) is 12.2. The third-order valence-electron chi connectivity index (χ3n) is 3.32. The number of pyridine rings is 1. The molecule has 5 nitrogen and oxygen atoms in total. The van der Waals surface area contributed by atoms with Crippen molar-refractivity contribution in [2.45, 2.75) is 18.7 Å². The summed E-state index contributed by atoms with van der Waals surface area (Å²) >= 11 is 0. The van der Waals surface area contributed by atoms with Gasteiger partial charge in [-0.3, -0.25) is 9.59 Å². The van der Waals surface area contributed by atoms with Crippen molar-refractivity contribution in [1.82, 2.24) is 10.3 Å². The van der Waals surface area contributed by atoms with E-state index in [9.17, 15) is 27.9 Å². The van der Waals surface area contributed by atoms with Crippen LogP contribution in [0.5, 0.6) is 0 Å². The van der Waals surface area contributed by atoms with E-state index in [-0.39, 0.29) is 17.8 Å². The van der Waals surface area contributed by atoms with Gasteiger partial charge in [-0.15, -0.1) is 0 Å². The summed E-state index contributed by atoms with van der Waals surface area (Å²) < 4.78 is 38.6. The fraction of sp³-hybridized carbons (Fsp3) is 0.250. The number of carbonyl (C=O) groups excluding carboxylic acids is 1. The second kappa shape index (κ2) is 7.31. The molecule has 1 amide bonds. The van der Waals surface area contributed by atoms with Gasteiger partial charge in [0.2, 0.25) is 11.5 Å². The lowest BCUT2D eigenvalue weighted by atomic mass is 10.0. The Bertz CT molecular complexity index is 771. The first kappa shape index (κ1) is 17.7. The van der Waals surface area contributed by atoms with Crippen molar-refractivity contribution >= 4 is 5.91 Å². The zero-order valence-corrected chi connectivity index (χ0v) is 12.4. The molecule has 1 aromatic carbocycles. The molecular formula is C16H15F3N2O3. The number of aliphatic hydroxyl groups excluding tert-OH is 1. The molecule has 0 spiro atoms. The van der Waals surface area contributed by atoms with Crippen LogP contribution in [-0.2, 0) is 17.4 Å².